The minimum Gasteiger partial charge on any atom is -0.485 e. The van der Waals surface area contributed by atoms with Crippen LogP contribution in [0.15, 0.2) is 85.2 Å². The molecule has 2 aliphatic rings. The zero-order valence-corrected chi connectivity index (χ0v) is 29.4. The number of halogens is 3. The van der Waals surface area contributed by atoms with E-state index in [2.05, 4.69) is 9.97 Å². The predicted octanol–water partition coefficient (Wildman–Crippen LogP) is 10.0. The number of rotatable bonds is 8. The topological polar surface area (TPSA) is 106 Å². The summed E-state index contributed by atoms with van der Waals surface area (Å²) in [6.07, 6.45) is 3.98. The predicted molar refractivity (Wildman–Crippen MR) is 188 cm³/mol. The Balaban J connectivity index is 0.852. The molecule has 268 valence electrons. The van der Waals surface area contributed by atoms with Crippen molar-refractivity contribution in [1.82, 2.24) is 9.97 Å². The van der Waals surface area contributed by atoms with Crippen LogP contribution >= 0.6 is 22.7 Å². The lowest BCUT2D eigenvalue weighted by atomic mass is 9.94. The number of hydrogen-bond donors (Lipinski definition) is 0. The number of benzene rings is 4. The number of aromatic nitrogens is 2. The van der Waals surface area contributed by atoms with Crippen LogP contribution in [-0.4, -0.2) is 21.9 Å². The molecule has 4 aromatic carbocycles. The van der Waals surface area contributed by atoms with Gasteiger partial charge in [-0.1, -0.05) is 28.7 Å². The quantitative estimate of drug-likeness (QED) is 0.111. The standard InChI is InChI=1S/C39H27F3N2O7S2/c1-20-2-5-23(40)16-27(20)32-10-3-21-14-25(7-12-30(21)49-32)47-38-43-18-34(52-38)36(45)51-37(46)35-19-44-39(53-35)48-26-8-13-31-22(15-26)4-11-33(50-31)28-17-24(41)6-9-29(28)42/h2,5-9,12-19,32-33H,3-4,10-11H2,1H3. The van der Waals surface area contributed by atoms with Crippen LogP contribution in [0.25, 0.3) is 0 Å². The van der Waals surface area contributed by atoms with Crippen molar-refractivity contribution in [2.75, 3.05) is 0 Å². The van der Waals surface area contributed by atoms with Crippen LogP contribution in [0, 0.1) is 24.4 Å². The Morgan fingerprint density at radius 3 is 1.75 bits per heavy atom. The molecule has 0 spiro atoms. The molecule has 0 bridgehead atoms. The summed E-state index contributed by atoms with van der Waals surface area (Å²) in [5, 5.41) is 0.319. The van der Waals surface area contributed by atoms with Gasteiger partial charge in [0.1, 0.15) is 62.4 Å². The van der Waals surface area contributed by atoms with Crippen molar-refractivity contribution in [1.29, 1.82) is 0 Å². The summed E-state index contributed by atoms with van der Waals surface area (Å²) in [7, 11) is 0. The van der Waals surface area contributed by atoms with Crippen LogP contribution in [0.2, 0.25) is 0 Å². The van der Waals surface area contributed by atoms with E-state index in [1.165, 1.54) is 24.5 Å². The van der Waals surface area contributed by atoms with Gasteiger partial charge in [0.25, 0.3) is 10.4 Å². The van der Waals surface area contributed by atoms with Gasteiger partial charge in [-0.25, -0.2) is 32.7 Å². The number of hydrogen-bond acceptors (Lipinski definition) is 11. The molecule has 0 N–H and O–H groups in total. The van der Waals surface area contributed by atoms with Crippen molar-refractivity contribution >= 4 is 34.6 Å². The lowest BCUT2D eigenvalue weighted by molar-refractivity contribution is 0.0404. The summed E-state index contributed by atoms with van der Waals surface area (Å²) in [6.45, 7) is 1.93. The minimum absolute atomic E-state index is 0.0432. The molecule has 6 aromatic rings. The zero-order valence-electron chi connectivity index (χ0n) is 27.8. The van der Waals surface area contributed by atoms with E-state index in [0.29, 0.717) is 48.7 Å². The Morgan fingerprint density at radius 1 is 0.679 bits per heavy atom. The maximum Gasteiger partial charge on any atom is 0.358 e. The number of esters is 2. The van der Waals surface area contributed by atoms with E-state index in [-0.39, 0.29) is 37.6 Å². The Hall–Kier alpha value is -5.73. The average Bonchev–Trinajstić information content (AvgIpc) is 3.83. The molecule has 8 rings (SSSR count). The molecule has 0 saturated carbocycles. The first-order valence-corrected chi connectivity index (χ1v) is 18.1. The van der Waals surface area contributed by atoms with Crippen LogP contribution in [-0.2, 0) is 17.6 Å². The third-order valence-corrected chi connectivity index (χ3v) is 10.5. The van der Waals surface area contributed by atoms with Gasteiger partial charge in [-0.3, -0.25) is 0 Å². The number of ether oxygens (including phenoxy) is 5. The third-order valence-electron chi connectivity index (χ3n) is 8.81. The van der Waals surface area contributed by atoms with E-state index in [0.717, 1.165) is 63.1 Å². The van der Waals surface area contributed by atoms with Gasteiger partial charge in [-0.05, 0) is 122 Å². The van der Waals surface area contributed by atoms with Gasteiger partial charge in [0.15, 0.2) is 0 Å². The van der Waals surface area contributed by atoms with Gasteiger partial charge in [0, 0.05) is 5.56 Å². The van der Waals surface area contributed by atoms with E-state index in [9.17, 15) is 22.8 Å². The van der Waals surface area contributed by atoms with Crippen molar-refractivity contribution in [2.24, 2.45) is 0 Å². The van der Waals surface area contributed by atoms with E-state index in [1.807, 2.05) is 13.0 Å². The van der Waals surface area contributed by atoms with E-state index < -0.39 is 29.7 Å². The fourth-order valence-corrected chi connectivity index (χ4v) is 7.52. The molecule has 2 aromatic heterocycles. The highest BCUT2D eigenvalue weighted by Gasteiger charge is 2.27. The first-order chi connectivity index (χ1) is 25.6. The summed E-state index contributed by atoms with van der Waals surface area (Å²) < 4.78 is 70.8. The second kappa shape index (κ2) is 14.4. The first-order valence-electron chi connectivity index (χ1n) is 16.5. The number of aryl methyl sites for hydroxylation is 3. The minimum atomic E-state index is -0.908. The van der Waals surface area contributed by atoms with Crippen molar-refractivity contribution in [3.63, 3.8) is 0 Å². The summed E-state index contributed by atoms with van der Waals surface area (Å²) in [5.74, 6) is -1.04. The molecule has 9 nitrogen and oxygen atoms in total. The largest absolute Gasteiger partial charge is 0.485 e. The van der Waals surface area contributed by atoms with Crippen molar-refractivity contribution in [3.05, 3.63) is 140 Å². The molecular weight excluding hydrogens is 730 g/mol. The van der Waals surface area contributed by atoms with Crippen molar-refractivity contribution in [2.45, 2.75) is 44.8 Å². The Labute approximate surface area is 308 Å². The summed E-state index contributed by atoms with van der Waals surface area (Å²) in [4.78, 5) is 34.0. The fraction of sp³-hybridized carbons (Fsp3) is 0.179. The molecule has 0 amide bonds. The number of fused-ring (bicyclic) bond motifs is 2. The molecule has 53 heavy (non-hydrogen) atoms. The average molecular weight is 757 g/mol. The number of thiazole rings is 2. The Kier molecular flexibility index (Phi) is 9.31. The summed E-state index contributed by atoms with van der Waals surface area (Å²) in [6, 6.07) is 18.4. The second-order valence-electron chi connectivity index (χ2n) is 12.4. The highest BCUT2D eigenvalue weighted by molar-refractivity contribution is 7.16. The molecule has 0 aliphatic carbocycles. The molecule has 2 aliphatic heterocycles. The van der Waals surface area contributed by atoms with Crippen LogP contribution in [0.5, 0.6) is 33.4 Å². The fourth-order valence-electron chi connectivity index (χ4n) is 6.20. The molecule has 2 unspecified atom stereocenters. The van der Waals surface area contributed by atoms with Crippen LogP contribution in [0.1, 0.15) is 72.2 Å². The summed E-state index contributed by atoms with van der Waals surface area (Å²) >= 11 is 1.82. The second-order valence-corrected chi connectivity index (χ2v) is 14.3. The number of carbonyl (C=O) groups is 2. The SMILES string of the molecule is Cc1ccc(F)cc1C1CCc2cc(Oc3ncc(C(=O)OC(=O)c4cnc(Oc5ccc6c(c5)CCC(c5cc(F)ccc5F)O6)s4)s3)ccc2O1. The third kappa shape index (κ3) is 7.46. The van der Waals surface area contributed by atoms with Crippen molar-refractivity contribution in [3.8, 4) is 33.4 Å². The van der Waals surface area contributed by atoms with Gasteiger partial charge in [0.2, 0.25) is 0 Å². The van der Waals surface area contributed by atoms with E-state index in [4.69, 9.17) is 23.7 Å². The molecule has 0 radical (unpaired) electrons. The zero-order chi connectivity index (χ0) is 36.6. The van der Waals surface area contributed by atoms with Gasteiger partial charge in [0.05, 0.1) is 12.4 Å². The number of carbonyl (C=O) groups excluding carboxylic acids is 2. The normalized spacial score (nSPS) is 16.1. The highest BCUT2D eigenvalue weighted by atomic mass is 32.1. The number of nitrogens with zero attached hydrogens (tertiary/aromatic N) is 2. The van der Waals surface area contributed by atoms with E-state index in [1.54, 1.807) is 36.4 Å². The lowest BCUT2D eigenvalue weighted by Crippen LogP contribution is -2.16. The Bertz CT molecular complexity index is 2220. The maximum absolute atomic E-state index is 14.3. The molecule has 0 fully saturated rings. The molecule has 2 atom stereocenters. The van der Waals surface area contributed by atoms with Gasteiger partial charge >= 0.3 is 11.9 Å². The van der Waals surface area contributed by atoms with Gasteiger partial charge < -0.3 is 23.7 Å². The van der Waals surface area contributed by atoms with Crippen LogP contribution < -0.4 is 18.9 Å². The van der Waals surface area contributed by atoms with Gasteiger partial charge in [-0.2, -0.15) is 0 Å². The van der Waals surface area contributed by atoms with E-state index >= 15 is 0 Å². The van der Waals surface area contributed by atoms with Crippen LogP contribution in [0.4, 0.5) is 13.2 Å². The maximum atomic E-state index is 14.3. The van der Waals surface area contributed by atoms with Crippen molar-refractivity contribution < 1.29 is 46.4 Å². The highest BCUT2D eigenvalue weighted by Crippen LogP contribution is 2.41. The summed E-state index contributed by atoms with van der Waals surface area (Å²) in [5.41, 5.74) is 3.69. The molecule has 4 heterocycles. The lowest BCUT2D eigenvalue weighted by Gasteiger charge is -2.27. The smallest absolute Gasteiger partial charge is 0.358 e. The first kappa shape index (κ1) is 34.4. The molecular formula is C39H27F3N2O7S2. The molecule has 14 heteroatoms. The monoisotopic (exact) mass is 756 g/mol. The Morgan fingerprint density at radius 2 is 1.19 bits per heavy atom. The van der Waals surface area contributed by atoms with Gasteiger partial charge in [-0.15, -0.1) is 0 Å². The van der Waals surface area contributed by atoms with Crippen LogP contribution in [0.3, 0.4) is 0 Å². The molecule has 0 saturated heterocycles.